The van der Waals surface area contributed by atoms with E-state index in [2.05, 4.69) is 32.6 Å². The third kappa shape index (κ3) is 2.99. The molecule has 2 rings (SSSR count). The minimum Gasteiger partial charge on any atom is -0.422 e. The van der Waals surface area contributed by atoms with Crippen LogP contribution in [0.2, 0.25) is 0 Å². The van der Waals surface area contributed by atoms with Crippen LogP contribution in [0.25, 0.3) is 11.0 Å². The van der Waals surface area contributed by atoms with Gasteiger partial charge in [0.1, 0.15) is 11.1 Å². The molecule has 0 N–H and O–H groups in total. The Kier molecular flexibility index (Phi) is 4.16. The van der Waals surface area contributed by atoms with Gasteiger partial charge >= 0.3 is 5.63 Å². The summed E-state index contributed by atoms with van der Waals surface area (Å²) in [6.45, 7) is 9.86. The van der Waals surface area contributed by atoms with Gasteiger partial charge in [0.25, 0.3) is 0 Å². The summed E-state index contributed by atoms with van der Waals surface area (Å²) in [5, 5.41) is 0.760. The standard InChI is InChI=1S/C17H21NO3/c1-10(2)18(11(3)4)14-7-6-13-8-15(12(5)19)17(20)21-16(13)9-14/h6-11H,1-5H3. The van der Waals surface area contributed by atoms with Gasteiger partial charge in [0, 0.05) is 29.2 Å². The lowest BCUT2D eigenvalue weighted by Gasteiger charge is -2.33. The highest BCUT2D eigenvalue weighted by Gasteiger charge is 2.16. The van der Waals surface area contributed by atoms with Crippen molar-refractivity contribution in [1.82, 2.24) is 0 Å². The average Bonchev–Trinajstić information content (AvgIpc) is 2.36. The third-order valence-electron chi connectivity index (χ3n) is 3.51. The van der Waals surface area contributed by atoms with Crippen LogP contribution in [0.1, 0.15) is 45.0 Å². The fourth-order valence-corrected chi connectivity index (χ4v) is 2.70. The number of carbonyl (C=O) groups excluding carboxylic acids is 1. The molecule has 0 fully saturated rings. The molecule has 4 heteroatoms. The molecule has 0 atom stereocenters. The lowest BCUT2D eigenvalue weighted by atomic mass is 10.1. The van der Waals surface area contributed by atoms with E-state index in [4.69, 9.17) is 4.42 Å². The summed E-state index contributed by atoms with van der Waals surface area (Å²) in [4.78, 5) is 25.5. The number of fused-ring (bicyclic) bond motifs is 1. The van der Waals surface area contributed by atoms with Crippen LogP contribution in [-0.4, -0.2) is 17.9 Å². The van der Waals surface area contributed by atoms with Gasteiger partial charge in [-0.15, -0.1) is 0 Å². The topological polar surface area (TPSA) is 50.5 Å². The number of hydrogen-bond acceptors (Lipinski definition) is 4. The van der Waals surface area contributed by atoms with Gasteiger partial charge in [-0.1, -0.05) is 0 Å². The van der Waals surface area contributed by atoms with Crippen LogP contribution < -0.4 is 10.5 Å². The van der Waals surface area contributed by atoms with Crippen molar-refractivity contribution in [3.05, 3.63) is 40.2 Å². The summed E-state index contributed by atoms with van der Waals surface area (Å²) in [6, 6.07) is 8.02. The predicted molar refractivity (Wildman–Crippen MR) is 85.2 cm³/mol. The van der Waals surface area contributed by atoms with E-state index in [1.165, 1.54) is 6.92 Å². The predicted octanol–water partition coefficient (Wildman–Crippen LogP) is 3.62. The Morgan fingerprint density at radius 3 is 2.24 bits per heavy atom. The molecule has 2 aromatic rings. The largest absolute Gasteiger partial charge is 0.422 e. The second-order valence-electron chi connectivity index (χ2n) is 5.82. The first kappa shape index (κ1) is 15.3. The lowest BCUT2D eigenvalue weighted by Crippen LogP contribution is -2.36. The van der Waals surface area contributed by atoms with E-state index < -0.39 is 5.63 Å². The van der Waals surface area contributed by atoms with Crippen molar-refractivity contribution in [2.75, 3.05) is 4.90 Å². The minimum atomic E-state index is -0.576. The highest BCUT2D eigenvalue weighted by Crippen LogP contribution is 2.25. The van der Waals surface area contributed by atoms with Crippen molar-refractivity contribution >= 4 is 22.4 Å². The molecule has 0 radical (unpaired) electrons. The molecule has 0 aliphatic rings. The third-order valence-corrected chi connectivity index (χ3v) is 3.51. The van der Waals surface area contributed by atoms with E-state index in [-0.39, 0.29) is 11.3 Å². The number of rotatable bonds is 4. The first-order chi connectivity index (χ1) is 9.81. The van der Waals surface area contributed by atoms with Crippen LogP contribution in [0.15, 0.2) is 33.5 Å². The smallest absolute Gasteiger partial charge is 0.347 e. The zero-order valence-corrected chi connectivity index (χ0v) is 13.1. The number of hydrogen-bond donors (Lipinski definition) is 0. The zero-order valence-electron chi connectivity index (χ0n) is 13.1. The zero-order chi connectivity index (χ0) is 15.7. The van der Waals surface area contributed by atoms with Crippen LogP contribution in [0.5, 0.6) is 0 Å². The van der Waals surface area contributed by atoms with Gasteiger partial charge in [0.2, 0.25) is 0 Å². The Hall–Kier alpha value is -2.10. The molecule has 0 bridgehead atoms. The Balaban J connectivity index is 2.59. The molecule has 1 aromatic carbocycles. The van der Waals surface area contributed by atoms with Crippen molar-refractivity contribution in [3.63, 3.8) is 0 Å². The number of nitrogens with zero attached hydrogens (tertiary/aromatic N) is 1. The van der Waals surface area contributed by atoms with Gasteiger partial charge in [-0.2, -0.15) is 0 Å². The lowest BCUT2D eigenvalue weighted by molar-refractivity contribution is 0.101. The summed E-state index contributed by atoms with van der Waals surface area (Å²) >= 11 is 0. The average molecular weight is 287 g/mol. The molecule has 0 aliphatic heterocycles. The first-order valence-corrected chi connectivity index (χ1v) is 7.18. The quantitative estimate of drug-likeness (QED) is 0.636. The van der Waals surface area contributed by atoms with Crippen molar-refractivity contribution in [3.8, 4) is 0 Å². The summed E-state index contributed by atoms with van der Waals surface area (Å²) in [7, 11) is 0. The van der Waals surface area contributed by atoms with Crippen LogP contribution in [-0.2, 0) is 0 Å². The fourth-order valence-electron chi connectivity index (χ4n) is 2.70. The van der Waals surface area contributed by atoms with E-state index >= 15 is 0 Å². The van der Waals surface area contributed by atoms with Gasteiger partial charge in [0.05, 0.1) is 0 Å². The van der Waals surface area contributed by atoms with E-state index in [9.17, 15) is 9.59 Å². The van der Waals surface area contributed by atoms with E-state index in [0.717, 1.165) is 11.1 Å². The second kappa shape index (κ2) is 5.72. The van der Waals surface area contributed by atoms with E-state index in [1.54, 1.807) is 6.07 Å². The normalized spacial score (nSPS) is 11.4. The van der Waals surface area contributed by atoms with Crippen molar-refractivity contribution in [2.45, 2.75) is 46.7 Å². The molecule has 21 heavy (non-hydrogen) atoms. The minimum absolute atomic E-state index is 0.0971. The number of ketones is 1. The maximum atomic E-state index is 11.8. The Morgan fingerprint density at radius 1 is 1.10 bits per heavy atom. The Bertz CT molecular complexity index is 720. The Labute approximate surface area is 124 Å². The van der Waals surface area contributed by atoms with Gasteiger partial charge in [-0.25, -0.2) is 4.79 Å². The molecule has 0 aliphatic carbocycles. The molecular formula is C17H21NO3. The number of carbonyl (C=O) groups is 1. The van der Waals surface area contributed by atoms with Gasteiger partial charge in [-0.05, 0) is 52.8 Å². The van der Waals surface area contributed by atoms with E-state index in [0.29, 0.717) is 17.7 Å². The molecule has 0 unspecified atom stereocenters. The molecule has 1 aromatic heterocycles. The number of Topliss-reactive ketones (excluding diaryl/α,β-unsaturated/α-hetero) is 1. The molecule has 0 amide bonds. The monoisotopic (exact) mass is 287 g/mol. The molecular weight excluding hydrogens is 266 g/mol. The molecule has 4 nitrogen and oxygen atoms in total. The van der Waals surface area contributed by atoms with Crippen LogP contribution in [0.3, 0.4) is 0 Å². The highest BCUT2D eigenvalue weighted by atomic mass is 16.4. The van der Waals surface area contributed by atoms with E-state index in [1.807, 2.05) is 18.2 Å². The van der Waals surface area contributed by atoms with Crippen LogP contribution in [0.4, 0.5) is 5.69 Å². The number of anilines is 1. The molecule has 0 spiro atoms. The van der Waals surface area contributed by atoms with Gasteiger partial charge in [0.15, 0.2) is 5.78 Å². The maximum absolute atomic E-state index is 11.8. The summed E-state index contributed by atoms with van der Waals surface area (Å²) < 4.78 is 5.30. The van der Waals surface area contributed by atoms with Crippen LogP contribution in [0, 0.1) is 0 Å². The molecule has 1 heterocycles. The molecule has 0 saturated heterocycles. The number of benzene rings is 1. The van der Waals surface area contributed by atoms with Gasteiger partial charge < -0.3 is 9.32 Å². The van der Waals surface area contributed by atoms with Gasteiger partial charge in [-0.3, -0.25) is 4.79 Å². The summed E-state index contributed by atoms with van der Waals surface area (Å²) in [5.74, 6) is -0.277. The Morgan fingerprint density at radius 2 is 1.71 bits per heavy atom. The molecule has 112 valence electrons. The molecule has 0 saturated carbocycles. The van der Waals surface area contributed by atoms with Crippen molar-refractivity contribution in [2.24, 2.45) is 0 Å². The summed E-state index contributed by atoms with van der Waals surface area (Å²) in [6.07, 6.45) is 0. The fraction of sp³-hybridized carbons (Fsp3) is 0.412. The SMILES string of the molecule is CC(=O)c1cc2ccc(N(C(C)C)C(C)C)cc2oc1=O. The highest BCUT2D eigenvalue weighted by molar-refractivity contribution is 5.96. The second-order valence-corrected chi connectivity index (χ2v) is 5.82. The summed E-state index contributed by atoms with van der Waals surface area (Å²) in [5.41, 5.74) is 1.03. The van der Waals surface area contributed by atoms with Crippen molar-refractivity contribution in [1.29, 1.82) is 0 Å². The maximum Gasteiger partial charge on any atom is 0.347 e. The van der Waals surface area contributed by atoms with Crippen molar-refractivity contribution < 1.29 is 9.21 Å². The van der Waals surface area contributed by atoms with Crippen LogP contribution >= 0.6 is 0 Å². The first-order valence-electron chi connectivity index (χ1n) is 7.18.